The molecule has 0 aromatic carbocycles. The molecule has 1 aromatic heterocycles. The zero-order valence-electron chi connectivity index (χ0n) is 14.6. The Labute approximate surface area is 156 Å². The van der Waals surface area contributed by atoms with Crippen LogP contribution in [0.3, 0.4) is 0 Å². The standard InChI is InChI=1S/C15H27N5O2.2ClH/c1-15(2,16)11-19-5-4-6-20-13(9-19)7-12(18-20)8-17-14(21)10-22-3;;/h7H,4-6,8-11,16H2,1-3H3,(H,17,21);2*1H. The molecule has 7 nitrogen and oxygen atoms in total. The van der Waals surface area contributed by atoms with Gasteiger partial charge in [-0.15, -0.1) is 24.8 Å². The van der Waals surface area contributed by atoms with Gasteiger partial charge in [-0.25, -0.2) is 0 Å². The van der Waals surface area contributed by atoms with Crippen molar-refractivity contribution in [2.45, 2.75) is 45.4 Å². The number of hydrogen-bond acceptors (Lipinski definition) is 5. The quantitative estimate of drug-likeness (QED) is 0.765. The summed E-state index contributed by atoms with van der Waals surface area (Å²) in [6, 6.07) is 2.06. The molecular formula is C15H29Cl2N5O2. The van der Waals surface area contributed by atoms with Crippen molar-refractivity contribution < 1.29 is 9.53 Å². The van der Waals surface area contributed by atoms with Crippen LogP contribution in [0.15, 0.2) is 6.07 Å². The number of rotatable bonds is 6. The summed E-state index contributed by atoms with van der Waals surface area (Å²) < 4.78 is 6.84. The first-order valence-electron chi connectivity index (χ1n) is 7.70. The van der Waals surface area contributed by atoms with Gasteiger partial charge >= 0.3 is 0 Å². The van der Waals surface area contributed by atoms with Crippen LogP contribution in [0.4, 0.5) is 0 Å². The van der Waals surface area contributed by atoms with Gasteiger partial charge in [0.15, 0.2) is 0 Å². The summed E-state index contributed by atoms with van der Waals surface area (Å²) in [5.41, 5.74) is 7.99. The highest BCUT2D eigenvalue weighted by molar-refractivity contribution is 5.85. The number of carbonyl (C=O) groups excluding carboxylic acids is 1. The number of nitrogens with zero attached hydrogens (tertiary/aromatic N) is 3. The average Bonchev–Trinajstić information content (AvgIpc) is 2.68. The predicted molar refractivity (Wildman–Crippen MR) is 98.6 cm³/mol. The summed E-state index contributed by atoms with van der Waals surface area (Å²) in [6.45, 7) is 8.25. The Morgan fingerprint density at radius 3 is 2.75 bits per heavy atom. The van der Waals surface area contributed by atoms with E-state index < -0.39 is 0 Å². The van der Waals surface area contributed by atoms with Crippen LogP contribution in [0.5, 0.6) is 0 Å². The van der Waals surface area contributed by atoms with Gasteiger partial charge in [0.1, 0.15) is 6.61 Å². The molecule has 0 atom stereocenters. The van der Waals surface area contributed by atoms with Crippen LogP contribution < -0.4 is 11.1 Å². The summed E-state index contributed by atoms with van der Waals surface area (Å²) in [5, 5.41) is 7.38. The third-order valence-electron chi connectivity index (χ3n) is 3.52. The van der Waals surface area contributed by atoms with Crippen molar-refractivity contribution in [1.82, 2.24) is 20.0 Å². The highest BCUT2D eigenvalue weighted by Gasteiger charge is 2.21. The van der Waals surface area contributed by atoms with Gasteiger partial charge in [-0.05, 0) is 26.3 Å². The highest BCUT2D eigenvalue weighted by Crippen LogP contribution is 2.15. The predicted octanol–water partition coefficient (Wildman–Crippen LogP) is 0.932. The van der Waals surface area contributed by atoms with E-state index >= 15 is 0 Å². The minimum atomic E-state index is -0.202. The van der Waals surface area contributed by atoms with Gasteiger partial charge in [0.2, 0.25) is 5.91 Å². The van der Waals surface area contributed by atoms with Crippen LogP contribution in [0, 0.1) is 0 Å². The van der Waals surface area contributed by atoms with E-state index in [1.54, 1.807) is 0 Å². The number of aromatic nitrogens is 2. The van der Waals surface area contributed by atoms with E-state index in [1.165, 1.54) is 12.8 Å². The largest absolute Gasteiger partial charge is 0.375 e. The molecule has 140 valence electrons. The van der Waals surface area contributed by atoms with E-state index in [4.69, 9.17) is 10.5 Å². The van der Waals surface area contributed by atoms with Gasteiger partial charge in [-0.3, -0.25) is 14.4 Å². The van der Waals surface area contributed by atoms with Crippen molar-refractivity contribution >= 4 is 30.7 Å². The number of aryl methyl sites for hydroxylation is 1. The lowest BCUT2D eigenvalue weighted by Gasteiger charge is -2.28. The molecule has 1 aliphatic heterocycles. The minimum Gasteiger partial charge on any atom is -0.375 e. The SMILES string of the molecule is COCC(=O)NCc1cc2n(n1)CCCN(CC(C)(C)N)C2.Cl.Cl. The van der Waals surface area contributed by atoms with E-state index in [2.05, 4.69) is 21.4 Å². The van der Waals surface area contributed by atoms with Crippen molar-refractivity contribution in [3.63, 3.8) is 0 Å². The zero-order chi connectivity index (χ0) is 16.2. The molecule has 1 amide bonds. The lowest BCUT2D eigenvalue weighted by Crippen LogP contribution is -2.45. The Morgan fingerprint density at radius 1 is 1.42 bits per heavy atom. The fourth-order valence-corrected chi connectivity index (χ4v) is 2.76. The number of ether oxygens (including phenoxy) is 1. The Morgan fingerprint density at radius 2 is 2.12 bits per heavy atom. The lowest BCUT2D eigenvalue weighted by atomic mass is 10.1. The topological polar surface area (TPSA) is 85.4 Å². The van der Waals surface area contributed by atoms with Gasteiger partial charge in [0.05, 0.1) is 17.9 Å². The molecule has 0 aliphatic carbocycles. The van der Waals surface area contributed by atoms with E-state index in [9.17, 15) is 4.79 Å². The van der Waals surface area contributed by atoms with E-state index in [-0.39, 0.29) is 42.9 Å². The van der Waals surface area contributed by atoms with Crippen LogP contribution in [0.1, 0.15) is 31.7 Å². The van der Waals surface area contributed by atoms with Crippen molar-refractivity contribution in [2.75, 3.05) is 26.8 Å². The molecule has 1 aliphatic rings. The van der Waals surface area contributed by atoms with Gasteiger partial charge < -0.3 is 15.8 Å². The Kier molecular flexibility index (Phi) is 9.84. The monoisotopic (exact) mass is 381 g/mol. The number of carbonyl (C=O) groups is 1. The summed E-state index contributed by atoms with van der Waals surface area (Å²) in [4.78, 5) is 13.8. The number of methoxy groups -OCH3 is 1. The molecule has 24 heavy (non-hydrogen) atoms. The summed E-state index contributed by atoms with van der Waals surface area (Å²) >= 11 is 0. The number of amides is 1. The molecule has 0 spiro atoms. The molecule has 3 N–H and O–H groups in total. The fourth-order valence-electron chi connectivity index (χ4n) is 2.76. The number of nitrogens with two attached hydrogens (primary N) is 1. The van der Waals surface area contributed by atoms with Crippen molar-refractivity contribution in [2.24, 2.45) is 5.73 Å². The molecule has 0 saturated carbocycles. The van der Waals surface area contributed by atoms with Crippen LogP contribution in [0.25, 0.3) is 0 Å². The number of hydrogen-bond donors (Lipinski definition) is 2. The first-order chi connectivity index (χ1) is 10.4. The van der Waals surface area contributed by atoms with Crippen molar-refractivity contribution in [1.29, 1.82) is 0 Å². The second kappa shape index (κ2) is 10.2. The van der Waals surface area contributed by atoms with Gasteiger partial charge in [-0.2, -0.15) is 5.10 Å². The third-order valence-corrected chi connectivity index (χ3v) is 3.52. The lowest BCUT2D eigenvalue weighted by molar-refractivity contribution is -0.124. The van der Waals surface area contributed by atoms with Crippen LogP contribution in [-0.4, -0.2) is 52.9 Å². The maximum atomic E-state index is 11.4. The molecule has 2 rings (SSSR count). The summed E-state index contributed by atoms with van der Waals surface area (Å²) in [5.74, 6) is -0.128. The van der Waals surface area contributed by atoms with Gasteiger partial charge in [0.25, 0.3) is 0 Å². The smallest absolute Gasteiger partial charge is 0.246 e. The summed E-state index contributed by atoms with van der Waals surface area (Å²) in [6.07, 6.45) is 1.06. The molecule has 0 saturated heterocycles. The first-order valence-corrected chi connectivity index (χ1v) is 7.70. The number of nitrogens with one attached hydrogen (secondary N) is 1. The first kappa shape index (κ1) is 23.1. The van der Waals surface area contributed by atoms with E-state index in [0.29, 0.717) is 6.54 Å². The second-order valence-electron chi connectivity index (χ2n) is 6.61. The zero-order valence-corrected chi connectivity index (χ0v) is 16.2. The van der Waals surface area contributed by atoms with Gasteiger partial charge in [-0.1, -0.05) is 0 Å². The summed E-state index contributed by atoms with van der Waals surface area (Å²) in [7, 11) is 1.51. The van der Waals surface area contributed by atoms with E-state index in [1.807, 2.05) is 18.5 Å². The van der Waals surface area contributed by atoms with E-state index in [0.717, 1.165) is 38.3 Å². The Hall–Kier alpha value is -0.860. The maximum absolute atomic E-state index is 11.4. The maximum Gasteiger partial charge on any atom is 0.246 e. The molecule has 0 fully saturated rings. The molecule has 0 bridgehead atoms. The number of fused-ring (bicyclic) bond motifs is 1. The van der Waals surface area contributed by atoms with Gasteiger partial charge in [0, 0.05) is 38.8 Å². The van der Waals surface area contributed by atoms with Crippen LogP contribution in [-0.2, 0) is 29.2 Å². The Balaban J connectivity index is 0.00000264. The molecule has 0 unspecified atom stereocenters. The second-order valence-corrected chi connectivity index (χ2v) is 6.61. The highest BCUT2D eigenvalue weighted by atomic mass is 35.5. The normalized spacial score (nSPS) is 14.8. The number of halogens is 2. The molecule has 1 aromatic rings. The van der Waals surface area contributed by atoms with Crippen molar-refractivity contribution in [3.05, 3.63) is 17.5 Å². The molecule has 9 heteroatoms. The van der Waals surface area contributed by atoms with Crippen molar-refractivity contribution in [3.8, 4) is 0 Å². The van der Waals surface area contributed by atoms with Crippen LogP contribution >= 0.6 is 24.8 Å². The molecular weight excluding hydrogens is 353 g/mol. The fraction of sp³-hybridized carbons (Fsp3) is 0.733. The minimum absolute atomic E-state index is 0. The third kappa shape index (κ3) is 7.36. The van der Waals surface area contributed by atoms with Crippen LogP contribution in [0.2, 0.25) is 0 Å². The molecule has 0 radical (unpaired) electrons. The average molecular weight is 382 g/mol. The molecule has 2 heterocycles. The Bertz CT molecular complexity index is 516.